The first-order valence-electron chi connectivity index (χ1n) is 9.73. The van der Waals surface area contributed by atoms with Gasteiger partial charge in [-0.15, -0.1) is 0 Å². The van der Waals surface area contributed by atoms with Gasteiger partial charge >= 0.3 is 0 Å². The zero-order valence-electron chi connectivity index (χ0n) is 16.7. The average molecular weight is 428 g/mol. The lowest BCUT2D eigenvalue weighted by Gasteiger charge is -2.10. The lowest BCUT2D eigenvalue weighted by atomic mass is 10.2. The number of nitrogens with zero attached hydrogens (tertiary/aromatic N) is 4. The van der Waals surface area contributed by atoms with Gasteiger partial charge in [0.1, 0.15) is 17.4 Å². The molecule has 0 aliphatic carbocycles. The van der Waals surface area contributed by atoms with Crippen molar-refractivity contribution in [2.24, 2.45) is 0 Å². The standard InChI is InChI=1S/C23H17FN6O2/c24-17-6-8-18(9-7-17)27-21(31)11-12-22(32)29-23-16(13-25)14-26-30(23)20-10-5-15-3-1-2-4-19(15)28-20/h1-10,14H,11-12H2,(H,27,31)(H,29,32). The largest absolute Gasteiger partial charge is 0.326 e. The molecule has 0 aliphatic rings. The average Bonchev–Trinajstić information content (AvgIpc) is 3.21. The van der Waals surface area contributed by atoms with E-state index >= 15 is 0 Å². The molecule has 0 unspecified atom stereocenters. The van der Waals surface area contributed by atoms with Crippen molar-refractivity contribution in [3.05, 3.63) is 78.2 Å². The molecule has 0 saturated heterocycles. The molecular formula is C23H17FN6O2. The zero-order valence-corrected chi connectivity index (χ0v) is 16.7. The molecule has 2 aromatic heterocycles. The number of nitrogens with one attached hydrogen (secondary N) is 2. The second-order valence-corrected chi connectivity index (χ2v) is 6.90. The van der Waals surface area contributed by atoms with Crippen LogP contribution in [0.25, 0.3) is 16.7 Å². The van der Waals surface area contributed by atoms with Crippen molar-refractivity contribution in [2.45, 2.75) is 12.8 Å². The van der Waals surface area contributed by atoms with E-state index in [1.54, 1.807) is 6.07 Å². The van der Waals surface area contributed by atoms with E-state index in [2.05, 4.69) is 20.7 Å². The Morgan fingerprint density at radius 1 is 0.969 bits per heavy atom. The van der Waals surface area contributed by atoms with E-state index in [9.17, 15) is 19.2 Å². The molecule has 2 heterocycles. The molecule has 0 fully saturated rings. The van der Waals surface area contributed by atoms with Crippen molar-refractivity contribution in [1.29, 1.82) is 5.26 Å². The van der Waals surface area contributed by atoms with Crippen molar-refractivity contribution in [3.63, 3.8) is 0 Å². The molecule has 0 spiro atoms. The molecule has 0 saturated carbocycles. The smallest absolute Gasteiger partial charge is 0.226 e. The first-order chi connectivity index (χ1) is 15.5. The van der Waals surface area contributed by atoms with Crippen LogP contribution in [-0.4, -0.2) is 26.6 Å². The van der Waals surface area contributed by atoms with Gasteiger partial charge in [0.15, 0.2) is 11.6 Å². The number of para-hydroxylation sites is 1. The third kappa shape index (κ3) is 4.60. The molecule has 2 amide bonds. The second kappa shape index (κ2) is 9.06. The number of benzene rings is 2. The number of aromatic nitrogens is 3. The Balaban J connectivity index is 1.45. The molecule has 0 bridgehead atoms. The lowest BCUT2D eigenvalue weighted by Crippen LogP contribution is -2.19. The Morgan fingerprint density at radius 2 is 1.69 bits per heavy atom. The van der Waals surface area contributed by atoms with Crippen molar-refractivity contribution in [3.8, 4) is 11.9 Å². The summed E-state index contributed by atoms with van der Waals surface area (Å²) in [4.78, 5) is 29.1. The Morgan fingerprint density at radius 3 is 2.44 bits per heavy atom. The normalized spacial score (nSPS) is 10.5. The van der Waals surface area contributed by atoms with Crippen molar-refractivity contribution in [1.82, 2.24) is 14.8 Å². The summed E-state index contributed by atoms with van der Waals surface area (Å²) in [5.41, 5.74) is 1.35. The topological polar surface area (TPSA) is 113 Å². The van der Waals surface area contributed by atoms with Crippen LogP contribution < -0.4 is 10.6 Å². The minimum atomic E-state index is -0.460. The minimum absolute atomic E-state index is 0.0898. The highest BCUT2D eigenvalue weighted by atomic mass is 19.1. The summed E-state index contributed by atoms with van der Waals surface area (Å²) in [6, 6.07) is 18.5. The fourth-order valence-electron chi connectivity index (χ4n) is 3.08. The molecule has 8 nitrogen and oxygen atoms in total. The highest BCUT2D eigenvalue weighted by Gasteiger charge is 2.17. The van der Waals surface area contributed by atoms with E-state index in [4.69, 9.17) is 0 Å². The first-order valence-corrected chi connectivity index (χ1v) is 9.73. The summed E-state index contributed by atoms with van der Waals surface area (Å²) in [6.07, 6.45) is 1.13. The molecule has 158 valence electrons. The van der Waals surface area contributed by atoms with Gasteiger partial charge in [-0.1, -0.05) is 18.2 Å². The summed E-state index contributed by atoms with van der Waals surface area (Å²) in [7, 11) is 0. The Hall–Kier alpha value is -4.58. The molecule has 9 heteroatoms. The number of pyridine rings is 1. The van der Waals surface area contributed by atoms with Gasteiger partial charge in [-0.05, 0) is 42.5 Å². The van der Waals surface area contributed by atoms with Crippen LogP contribution >= 0.6 is 0 Å². The van der Waals surface area contributed by atoms with Gasteiger partial charge in [-0.2, -0.15) is 15.0 Å². The summed E-state index contributed by atoms with van der Waals surface area (Å²) in [5, 5.41) is 19.8. The van der Waals surface area contributed by atoms with Crippen molar-refractivity contribution in [2.75, 3.05) is 10.6 Å². The van der Waals surface area contributed by atoms with Gasteiger partial charge in [0.05, 0.1) is 11.7 Å². The third-order valence-corrected chi connectivity index (χ3v) is 4.66. The van der Waals surface area contributed by atoms with Crippen molar-refractivity contribution < 1.29 is 14.0 Å². The number of halogens is 1. The highest BCUT2D eigenvalue weighted by Crippen LogP contribution is 2.21. The van der Waals surface area contributed by atoms with E-state index in [1.165, 1.54) is 35.1 Å². The molecule has 4 aromatic rings. The molecular weight excluding hydrogens is 411 g/mol. The van der Waals surface area contributed by atoms with Gasteiger partial charge in [0, 0.05) is 23.9 Å². The van der Waals surface area contributed by atoms with Crippen LogP contribution in [-0.2, 0) is 9.59 Å². The maximum Gasteiger partial charge on any atom is 0.226 e. The molecule has 0 radical (unpaired) electrons. The SMILES string of the molecule is N#Cc1cnn(-c2ccc3ccccc3n2)c1NC(=O)CCC(=O)Nc1ccc(F)cc1. The van der Waals surface area contributed by atoms with Gasteiger partial charge in [0.25, 0.3) is 0 Å². The summed E-state index contributed by atoms with van der Waals surface area (Å²) < 4.78 is 14.3. The van der Waals surface area contributed by atoms with Gasteiger partial charge in [-0.25, -0.2) is 9.37 Å². The van der Waals surface area contributed by atoms with E-state index in [0.29, 0.717) is 11.5 Å². The first kappa shape index (κ1) is 20.7. The number of carbonyl (C=O) groups excluding carboxylic acids is 2. The van der Waals surface area contributed by atoms with E-state index in [-0.39, 0.29) is 24.2 Å². The third-order valence-electron chi connectivity index (χ3n) is 4.66. The van der Waals surface area contributed by atoms with E-state index in [1.807, 2.05) is 36.4 Å². The number of hydrogen-bond acceptors (Lipinski definition) is 5. The number of amides is 2. The van der Waals surface area contributed by atoms with Gasteiger partial charge in [-0.3, -0.25) is 9.59 Å². The van der Waals surface area contributed by atoms with Crippen LogP contribution in [0.4, 0.5) is 15.9 Å². The van der Waals surface area contributed by atoms with Crippen LogP contribution in [0, 0.1) is 17.1 Å². The van der Waals surface area contributed by atoms with Crippen LogP contribution in [0.3, 0.4) is 0 Å². The van der Waals surface area contributed by atoms with Crippen LogP contribution in [0.2, 0.25) is 0 Å². The molecule has 32 heavy (non-hydrogen) atoms. The summed E-state index contributed by atoms with van der Waals surface area (Å²) >= 11 is 0. The Labute approximate surface area is 182 Å². The number of fused-ring (bicyclic) bond motifs is 1. The minimum Gasteiger partial charge on any atom is -0.326 e. The maximum absolute atomic E-state index is 13.0. The van der Waals surface area contributed by atoms with Crippen molar-refractivity contribution >= 4 is 34.2 Å². The monoisotopic (exact) mass is 428 g/mol. The van der Waals surface area contributed by atoms with Crippen LogP contribution in [0.1, 0.15) is 18.4 Å². The lowest BCUT2D eigenvalue weighted by molar-refractivity contribution is -0.121. The molecule has 2 N–H and O–H groups in total. The number of rotatable bonds is 6. The van der Waals surface area contributed by atoms with Crippen LogP contribution in [0.15, 0.2) is 66.9 Å². The fraction of sp³-hybridized carbons (Fsp3) is 0.0870. The molecule has 0 aliphatic heterocycles. The molecule has 0 atom stereocenters. The fourth-order valence-corrected chi connectivity index (χ4v) is 3.08. The van der Waals surface area contributed by atoms with Gasteiger partial charge < -0.3 is 10.6 Å². The quantitative estimate of drug-likeness (QED) is 0.485. The number of carbonyl (C=O) groups is 2. The number of nitriles is 1. The molecule has 4 rings (SSSR count). The van der Waals surface area contributed by atoms with E-state index < -0.39 is 17.6 Å². The Bertz CT molecular complexity index is 1340. The summed E-state index contributed by atoms with van der Waals surface area (Å²) in [6.45, 7) is 0. The van der Waals surface area contributed by atoms with E-state index in [0.717, 1.165) is 10.9 Å². The number of anilines is 2. The predicted molar refractivity (Wildman–Crippen MR) is 116 cm³/mol. The second-order valence-electron chi connectivity index (χ2n) is 6.90. The molecule has 2 aromatic carbocycles. The zero-order chi connectivity index (χ0) is 22.5. The predicted octanol–water partition coefficient (Wildman–Crippen LogP) is 3.79. The maximum atomic E-state index is 13.0. The highest BCUT2D eigenvalue weighted by molar-refractivity contribution is 5.97. The number of hydrogen-bond donors (Lipinski definition) is 2. The van der Waals surface area contributed by atoms with Crippen LogP contribution in [0.5, 0.6) is 0 Å². The Kier molecular flexibility index (Phi) is 5.85. The van der Waals surface area contributed by atoms with Gasteiger partial charge in [0.2, 0.25) is 11.8 Å². The summed E-state index contributed by atoms with van der Waals surface area (Å²) in [5.74, 6) is -0.641.